The molecule has 1 aromatic heterocycles. The van der Waals surface area contributed by atoms with E-state index in [0.29, 0.717) is 13.1 Å². The number of piperazine rings is 1. The maximum Gasteiger partial charge on any atom is 0.573 e. The first-order valence-corrected chi connectivity index (χ1v) is 12.0. The van der Waals surface area contributed by atoms with Crippen LogP contribution in [0.15, 0.2) is 33.9 Å². The molecule has 0 aliphatic carbocycles. The van der Waals surface area contributed by atoms with E-state index in [1.165, 1.54) is 23.7 Å². The Hall–Kier alpha value is -3.23. The Kier molecular flexibility index (Phi) is 7.99. The number of aliphatic hydroxyl groups is 1. The number of halogens is 3. The molecule has 37 heavy (non-hydrogen) atoms. The number of fused-ring (bicyclic) bond motifs is 1. The van der Waals surface area contributed by atoms with Crippen LogP contribution in [0.25, 0.3) is 0 Å². The third kappa shape index (κ3) is 6.19. The molecule has 1 fully saturated rings. The molecule has 204 valence electrons. The van der Waals surface area contributed by atoms with Gasteiger partial charge in [-0.2, -0.15) is 0 Å². The fraction of sp³-hybridized carbons (Fsp3) is 0.565. The average molecular weight is 529 g/mol. The van der Waals surface area contributed by atoms with E-state index in [-0.39, 0.29) is 36.8 Å². The standard InChI is InChI=1S/C23H31F3N6O5/c1-28-8-10-30(11-9-28)12-13-31-18-19(29(2)22(35)32(20(18)34)7-4-14-33)27-21(31)36-16-5-3-6-17(15-16)37-23(24,25)26/h3,5-6,15,21,27,33H,4,7-14H2,1-2H3. The highest BCUT2D eigenvalue weighted by Gasteiger charge is 2.37. The number of likely N-dealkylation sites (N-methyl/N-ethyl adjacent to an activating group) is 1. The summed E-state index contributed by atoms with van der Waals surface area (Å²) in [6, 6.07) is 5.11. The topological polar surface area (TPSA) is 104 Å². The number of anilines is 2. The fourth-order valence-electron chi connectivity index (χ4n) is 4.43. The molecule has 0 bridgehead atoms. The lowest BCUT2D eigenvalue weighted by atomic mass is 10.3. The van der Waals surface area contributed by atoms with Crippen molar-refractivity contribution in [2.24, 2.45) is 7.05 Å². The predicted molar refractivity (Wildman–Crippen MR) is 130 cm³/mol. The van der Waals surface area contributed by atoms with Gasteiger partial charge in [0.15, 0.2) is 0 Å². The van der Waals surface area contributed by atoms with Crippen LogP contribution in [0, 0.1) is 0 Å². The van der Waals surface area contributed by atoms with E-state index in [1.807, 2.05) is 7.05 Å². The number of aromatic nitrogens is 2. The molecule has 0 saturated carbocycles. The van der Waals surface area contributed by atoms with Gasteiger partial charge in [0.2, 0.25) is 0 Å². The SMILES string of the molecule is CN1CCN(CCN2c3c(n(C)c(=O)n(CCCO)c3=O)NC2Oc2cccc(OC(F)(F)F)c2)CC1. The van der Waals surface area contributed by atoms with E-state index in [0.717, 1.165) is 42.9 Å². The summed E-state index contributed by atoms with van der Waals surface area (Å²) < 4.78 is 50.4. The van der Waals surface area contributed by atoms with E-state index in [2.05, 4.69) is 19.9 Å². The summed E-state index contributed by atoms with van der Waals surface area (Å²) in [6.45, 7) is 4.34. The van der Waals surface area contributed by atoms with Crippen LogP contribution >= 0.6 is 0 Å². The van der Waals surface area contributed by atoms with Gasteiger partial charge in [0, 0.05) is 65.5 Å². The van der Waals surface area contributed by atoms with Gasteiger partial charge in [-0.1, -0.05) is 6.07 Å². The molecule has 11 nitrogen and oxygen atoms in total. The zero-order chi connectivity index (χ0) is 26.7. The maximum atomic E-state index is 13.4. The van der Waals surface area contributed by atoms with Crippen molar-refractivity contribution < 1.29 is 27.8 Å². The molecular weight excluding hydrogens is 497 g/mol. The number of aliphatic hydroxyl groups excluding tert-OH is 1. The first-order valence-electron chi connectivity index (χ1n) is 12.0. The molecule has 1 atom stereocenters. The summed E-state index contributed by atoms with van der Waals surface area (Å²) in [4.78, 5) is 32.4. The highest BCUT2D eigenvalue weighted by atomic mass is 19.4. The molecule has 1 saturated heterocycles. The number of alkyl halides is 3. The summed E-state index contributed by atoms with van der Waals surface area (Å²) >= 11 is 0. The molecule has 0 amide bonds. The molecule has 4 rings (SSSR count). The Balaban J connectivity index is 1.64. The quantitative estimate of drug-likeness (QED) is 0.486. The summed E-state index contributed by atoms with van der Waals surface area (Å²) in [7, 11) is 3.57. The van der Waals surface area contributed by atoms with Gasteiger partial charge in [-0.25, -0.2) is 4.79 Å². The lowest BCUT2D eigenvalue weighted by Gasteiger charge is -2.34. The van der Waals surface area contributed by atoms with Crippen molar-refractivity contribution in [3.63, 3.8) is 0 Å². The summed E-state index contributed by atoms with van der Waals surface area (Å²) in [6.07, 6.45) is -5.59. The highest BCUT2D eigenvalue weighted by Crippen LogP contribution is 2.33. The summed E-state index contributed by atoms with van der Waals surface area (Å²) in [5, 5.41) is 12.3. The lowest BCUT2D eigenvalue weighted by Crippen LogP contribution is -2.50. The number of benzene rings is 1. The number of nitrogens with zero attached hydrogens (tertiary/aromatic N) is 5. The number of nitrogens with one attached hydrogen (secondary N) is 1. The van der Waals surface area contributed by atoms with Crippen molar-refractivity contribution in [2.75, 3.05) is 63.1 Å². The fourth-order valence-corrected chi connectivity index (χ4v) is 4.43. The van der Waals surface area contributed by atoms with Crippen molar-refractivity contribution in [2.45, 2.75) is 25.7 Å². The van der Waals surface area contributed by atoms with Crippen molar-refractivity contribution in [3.05, 3.63) is 45.1 Å². The highest BCUT2D eigenvalue weighted by molar-refractivity contribution is 5.71. The van der Waals surface area contributed by atoms with Crippen LogP contribution in [-0.4, -0.2) is 89.7 Å². The van der Waals surface area contributed by atoms with Gasteiger partial charge in [0.05, 0.1) is 0 Å². The van der Waals surface area contributed by atoms with Crippen LogP contribution in [0.1, 0.15) is 6.42 Å². The van der Waals surface area contributed by atoms with Crippen molar-refractivity contribution in [1.29, 1.82) is 0 Å². The first kappa shape index (κ1) is 26.8. The van der Waals surface area contributed by atoms with Gasteiger partial charge in [-0.3, -0.25) is 18.8 Å². The van der Waals surface area contributed by atoms with E-state index in [1.54, 1.807) is 4.90 Å². The smallest absolute Gasteiger partial charge is 0.452 e. The molecule has 2 aliphatic heterocycles. The monoisotopic (exact) mass is 528 g/mol. The van der Waals surface area contributed by atoms with Crippen molar-refractivity contribution in [3.8, 4) is 11.5 Å². The summed E-state index contributed by atoms with van der Waals surface area (Å²) in [5.74, 6) is -0.105. The average Bonchev–Trinajstić information content (AvgIpc) is 3.19. The largest absolute Gasteiger partial charge is 0.573 e. The first-order chi connectivity index (χ1) is 17.6. The van der Waals surface area contributed by atoms with Crippen LogP contribution in [0.2, 0.25) is 0 Å². The maximum absolute atomic E-state index is 13.4. The number of ether oxygens (including phenoxy) is 2. The molecule has 0 spiro atoms. The third-order valence-corrected chi connectivity index (χ3v) is 6.44. The predicted octanol–water partition coefficient (Wildman–Crippen LogP) is 0.670. The van der Waals surface area contributed by atoms with Gasteiger partial charge in [-0.05, 0) is 25.6 Å². The summed E-state index contributed by atoms with van der Waals surface area (Å²) in [5.41, 5.74) is -0.857. The van der Waals surface area contributed by atoms with E-state index in [4.69, 9.17) is 4.74 Å². The number of hydrogen-bond donors (Lipinski definition) is 2. The second kappa shape index (κ2) is 11.0. The van der Waals surface area contributed by atoms with Crippen molar-refractivity contribution in [1.82, 2.24) is 18.9 Å². The molecule has 3 heterocycles. The number of hydrogen-bond acceptors (Lipinski definition) is 9. The molecule has 2 aliphatic rings. The molecule has 14 heteroatoms. The Morgan fingerprint density at radius 2 is 1.76 bits per heavy atom. The minimum Gasteiger partial charge on any atom is -0.452 e. The van der Waals surface area contributed by atoms with Crippen LogP contribution in [0.3, 0.4) is 0 Å². The lowest BCUT2D eigenvalue weighted by molar-refractivity contribution is -0.274. The molecule has 2 N–H and O–H groups in total. The Bertz CT molecular complexity index is 1210. The van der Waals surface area contributed by atoms with Crippen molar-refractivity contribution >= 4 is 11.5 Å². The zero-order valence-electron chi connectivity index (χ0n) is 20.7. The van der Waals surface area contributed by atoms with Gasteiger partial charge in [-0.15, -0.1) is 13.2 Å². The van der Waals surface area contributed by atoms with Crippen LogP contribution < -0.4 is 30.9 Å². The van der Waals surface area contributed by atoms with Crippen LogP contribution in [-0.2, 0) is 13.6 Å². The molecule has 1 unspecified atom stereocenters. The van der Waals surface area contributed by atoms with Gasteiger partial charge < -0.3 is 29.7 Å². The van der Waals surface area contributed by atoms with Gasteiger partial charge in [0.1, 0.15) is 23.0 Å². The minimum absolute atomic E-state index is 0.0456. The van der Waals surface area contributed by atoms with Gasteiger partial charge >= 0.3 is 12.1 Å². The molecule has 1 aromatic carbocycles. The second-order valence-corrected chi connectivity index (χ2v) is 9.05. The van der Waals surface area contributed by atoms with E-state index in [9.17, 15) is 27.9 Å². The minimum atomic E-state index is -4.85. The molecular formula is C23H31F3N6O5. The zero-order valence-corrected chi connectivity index (χ0v) is 20.7. The Morgan fingerprint density at radius 1 is 1.05 bits per heavy atom. The Morgan fingerprint density at radius 3 is 2.43 bits per heavy atom. The van der Waals surface area contributed by atoms with Gasteiger partial charge in [0.25, 0.3) is 11.9 Å². The third-order valence-electron chi connectivity index (χ3n) is 6.44. The molecule has 2 aromatic rings. The van der Waals surface area contributed by atoms with Crippen LogP contribution in [0.4, 0.5) is 24.7 Å². The Labute approximate surface area is 211 Å². The normalized spacial score (nSPS) is 18.5. The van der Waals surface area contributed by atoms with E-state index >= 15 is 0 Å². The second-order valence-electron chi connectivity index (χ2n) is 9.05. The van der Waals surface area contributed by atoms with E-state index < -0.39 is 29.7 Å². The molecule has 0 radical (unpaired) electrons. The number of rotatable bonds is 9. The van der Waals surface area contributed by atoms with Crippen LogP contribution in [0.5, 0.6) is 11.5 Å².